The standard InChI is InChI=1S/C15H22FNO/c1-3-11-5-6-12(9-11)17-13-7-8-15(18-4-2)14(16)10-13/h7-8,10-12,17H,3-6,9H2,1-2H3. The molecule has 1 aliphatic rings. The summed E-state index contributed by atoms with van der Waals surface area (Å²) in [4.78, 5) is 0. The Morgan fingerprint density at radius 3 is 2.78 bits per heavy atom. The highest BCUT2D eigenvalue weighted by Crippen LogP contribution is 2.31. The number of hydrogen-bond acceptors (Lipinski definition) is 2. The summed E-state index contributed by atoms with van der Waals surface area (Å²) in [6.45, 7) is 4.59. The van der Waals surface area contributed by atoms with Gasteiger partial charge in [0.2, 0.25) is 0 Å². The van der Waals surface area contributed by atoms with E-state index in [0.717, 1.165) is 11.6 Å². The van der Waals surface area contributed by atoms with Crippen molar-refractivity contribution >= 4 is 5.69 Å². The number of anilines is 1. The molecule has 0 bridgehead atoms. The van der Waals surface area contributed by atoms with Crippen LogP contribution in [0.25, 0.3) is 0 Å². The zero-order valence-electron chi connectivity index (χ0n) is 11.2. The molecule has 0 aliphatic heterocycles. The van der Waals surface area contributed by atoms with Crippen molar-refractivity contribution in [3.8, 4) is 5.75 Å². The number of rotatable bonds is 5. The molecule has 2 rings (SSSR count). The van der Waals surface area contributed by atoms with E-state index < -0.39 is 0 Å². The molecule has 2 unspecified atom stereocenters. The summed E-state index contributed by atoms with van der Waals surface area (Å²) in [6, 6.07) is 5.62. The van der Waals surface area contributed by atoms with Crippen molar-refractivity contribution in [1.29, 1.82) is 0 Å². The van der Waals surface area contributed by atoms with Gasteiger partial charge in [-0.1, -0.05) is 13.3 Å². The molecular formula is C15H22FNO. The Balaban J connectivity index is 1.96. The molecule has 0 spiro atoms. The van der Waals surface area contributed by atoms with Crippen LogP contribution >= 0.6 is 0 Å². The molecule has 0 radical (unpaired) electrons. The Morgan fingerprint density at radius 2 is 2.17 bits per heavy atom. The number of halogens is 1. The summed E-state index contributed by atoms with van der Waals surface area (Å²) in [7, 11) is 0. The van der Waals surface area contributed by atoms with Crippen LogP contribution in [-0.2, 0) is 0 Å². The number of hydrogen-bond donors (Lipinski definition) is 1. The smallest absolute Gasteiger partial charge is 0.167 e. The number of ether oxygens (including phenoxy) is 1. The molecule has 2 nitrogen and oxygen atoms in total. The first kappa shape index (κ1) is 13.2. The van der Waals surface area contributed by atoms with E-state index >= 15 is 0 Å². The van der Waals surface area contributed by atoms with E-state index in [1.807, 2.05) is 13.0 Å². The van der Waals surface area contributed by atoms with Crippen molar-refractivity contribution in [3.63, 3.8) is 0 Å². The fourth-order valence-corrected chi connectivity index (χ4v) is 2.68. The molecular weight excluding hydrogens is 229 g/mol. The SMILES string of the molecule is CCOc1ccc(NC2CCC(CC)C2)cc1F. The molecule has 1 fully saturated rings. The predicted molar refractivity (Wildman–Crippen MR) is 72.6 cm³/mol. The van der Waals surface area contributed by atoms with E-state index in [-0.39, 0.29) is 5.82 Å². The normalized spacial score (nSPS) is 23.1. The lowest BCUT2D eigenvalue weighted by molar-refractivity contribution is 0.321. The Bertz CT molecular complexity index is 394. The van der Waals surface area contributed by atoms with E-state index in [1.165, 1.54) is 31.7 Å². The van der Waals surface area contributed by atoms with Gasteiger partial charge in [0.15, 0.2) is 11.6 Å². The van der Waals surface area contributed by atoms with Gasteiger partial charge in [-0.25, -0.2) is 4.39 Å². The van der Waals surface area contributed by atoms with Gasteiger partial charge in [0.25, 0.3) is 0 Å². The summed E-state index contributed by atoms with van der Waals surface area (Å²) in [5.74, 6) is 0.878. The van der Waals surface area contributed by atoms with Gasteiger partial charge in [-0.05, 0) is 44.2 Å². The third kappa shape index (κ3) is 3.15. The van der Waals surface area contributed by atoms with Crippen molar-refractivity contribution < 1.29 is 9.13 Å². The van der Waals surface area contributed by atoms with Gasteiger partial charge in [0, 0.05) is 17.8 Å². The maximum atomic E-state index is 13.7. The Hall–Kier alpha value is -1.25. The Morgan fingerprint density at radius 1 is 1.33 bits per heavy atom. The van der Waals surface area contributed by atoms with Crippen molar-refractivity contribution in [2.75, 3.05) is 11.9 Å². The molecule has 3 heteroatoms. The first-order valence-corrected chi connectivity index (χ1v) is 6.91. The van der Waals surface area contributed by atoms with Crippen LogP contribution in [0.15, 0.2) is 18.2 Å². The maximum absolute atomic E-state index is 13.7. The molecule has 1 N–H and O–H groups in total. The number of benzene rings is 1. The van der Waals surface area contributed by atoms with Crippen LogP contribution < -0.4 is 10.1 Å². The van der Waals surface area contributed by atoms with E-state index in [2.05, 4.69) is 12.2 Å². The van der Waals surface area contributed by atoms with Crippen molar-refractivity contribution in [1.82, 2.24) is 0 Å². The molecule has 0 heterocycles. The second-order valence-corrected chi connectivity index (χ2v) is 5.01. The van der Waals surface area contributed by atoms with Gasteiger partial charge in [-0.15, -0.1) is 0 Å². The van der Waals surface area contributed by atoms with Crippen LogP contribution in [0.2, 0.25) is 0 Å². The fraction of sp³-hybridized carbons (Fsp3) is 0.600. The first-order chi connectivity index (χ1) is 8.72. The molecule has 0 saturated heterocycles. The third-order valence-electron chi connectivity index (χ3n) is 3.72. The van der Waals surface area contributed by atoms with E-state index in [9.17, 15) is 4.39 Å². The maximum Gasteiger partial charge on any atom is 0.167 e. The minimum Gasteiger partial charge on any atom is -0.491 e. The van der Waals surface area contributed by atoms with Gasteiger partial charge in [0.05, 0.1) is 6.61 Å². The molecule has 100 valence electrons. The van der Waals surface area contributed by atoms with Gasteiger partial charge in [0.1, 0.15) is 0 Å². The topological polar surface area (TPSA) is 21.3 Å². The van der Waals surface area contributed by atoms with Crippen LogP contribution in [-0.4, -0.2) is 12.6 Å². The van der Waals surface area contributed by atoms with Crippen LogP contribution in [0.1, 0.15) is 39.5 Å². The van der Waals surface area contributed by atoms with Gasteiger partial charge in [-0.2, -0.15) is 0 Å². The molecule has 1 aliphatic carbocycles. The van der Waals surface area contributed by atoms with Gasteiger partial charge >= 0.3 is 0 Å². The molecule has 18 heavy (non-hydrogen) atoms. The van der Waals surface area contributed by atoms with Crippen LogP contribution in [0.3, 0.4) is 0 Å². The summed E-state index contributed by atoms with van der Waals surface area (Å²) in [5.41, 5.74) is 0.859. The Kier molecular flexibility index (Phi) is 4.45. The lowest BCUT2D eigenvalue weighted by Gasteiger charge is -2.15. The van der Waals surface area contributed by atoms with E-state index in [1.54, 1.807) is 6.07 Å². The highest BCUT2D eigenvalue weighted by Gasteiger charge is 2.23. The second kappa shape index (κ2) is 6.07. The molecule has 0 aromatic heterocycles. The summed E-state index contributed by atoms with van der Waals surface area (Å²) in [5, 5.41) is 3.42. The summed E-state index contributed by atoms with van der Waals surface area (Å²) < 4.78 is 18.9. The first-order valence-electron chi connectivity index (χ1n) is 6.91. The molecule has 1 aromatic carbocycles. The van der Waals surface area contributed by atoms with Crippen molar-refractivity contribution in [3.05, 3.63) is 24.0 Å². The minimum absolute atomic E-state index is 0.285. The van der Waals surface area contributed by atoms with Crippen LogP contribution in [0.4, 0.5) is 10.1 Å². The monoisotopic (exact) mass is 251 g/mol. The van der Waals surface area contributed by atoms with Crippen molar-refractivity contribution in [2.45, 2.75) is 45.6 Å². The third-order valence-corrected chi connectivity index (χ3v) is 3.72. The van der Waals surface area contributed by atoms with E-state index in [0.29, 0.717) is 18.4 Å². The minimum atomic E-state index is -0.285. The average Bonchev–Trinajstić information content (AvgIpc) is 2.80. The zero-order valence-corrected chi connectivity index (χ0v) is 11.2. The fourth-order valence-electron chi connectivity index (χ4n) is 2.68. The highest BCUT2D eigenvalue weighted by atomic mass is 19.1. The zero-order chi connectivity index (χ0) is 13.0. The Labute approximate surface area is 109 Å². The summed E-state index contributed by atoms with van der Waals surface area (Å²) >= 11 is 0. The quantitative estimate of drug-likeness (QED) is 0.846. The lowest BCUT2D eigenvalue weighted by Crippen LogP contribution is -2.15. The number of nitrogens with one attached hydrogen (secondary N) is 1. The van der Waals surface area contributed by atoms with E-state index in [4.69, 9.17) is 4.74 Å². The highest BCUT2D eigenvalue weighted by molar-refractivity contribution is 5.48. The molecule has 1 saturated carbocycles. The van der Waals surface area contributed by atoms with Crippen LogP contribution in [0, 0.1) is 11.7 Å². The largest absolute Gasteiger partial charge is 0.491 e. The second-order valence-electron chi connectivity index (χ2n) is 5.01. The lowest BCUT2D eigenvalue weighted by atomic mass is 10.1. The van der Waals surface area contributed by atoms with Gasteiger partial charge in [-0.3, -0.25) is 0 Å². The molecule has 1 aromatic rings. The van der Waals surface area contributed by atoms with Crippen molar-refractivity contribution in [2.24, 2.45) is 5.92 Å². The molecule has 2 atom stereocenters. The summed E-state index contributed by atoms with van der Waals surface area (Å²) in [6.07, 6.45) is 4.92. The van der Waals surface area contributed by atoms with Gasteiger partial charge < -0.3 is 10.1 Å². The van der Waals surface area contributed by atoms with Crippen LogP contribution in [0.5, 0.6) is 5.75 Å². The average molecular weight is 251 g/mol. The predicted octanol–water partition coefficient (Wildman–Crippen LogP) is 4.22. The molecule has 0 amide bonds.